The van der Waals surface area contributed by atoms with Gasteiger partial charge in [0.25, 0.3) is 15.9 Å². The van der Waals surface area contributed by atoms with Gasteiger partial charge in [0.1, 0.15) is 9.96 Å². The van der Waals surface area contributed by atoms with Crippen LogP contribution in [0.3, 0.4) is 0 Å². The number of amides is 1. The molecule has 3 aromatic rings. The highest BCUT2D eigenvalue weighted by molar-refractivity contribution is 7.91. The molecule has 0 bridgehead atoms. The number of carbonyl (C=O) groups excluding carboxylic acids is 1. The molecule has 2 aromatic heterocycles. The predicted octanol–water partition coefficient (Wildman–Crippen LogP) is 2.78. The van der Waals surface area contributed by atoms with E-state index in [-0.39, 0.29) is 25.7 Å². The number of rotatable bonds is 6. The Labute approximate surface area is 183 Å². The van der Waals surface area contributed by atoms with Crippen molar-refractivity contribution in [2.75, 3.05) is 26.2 Å². The van der Waals surface area contributed by atoms with Crippen LogP contribution >= 0.6 is 22.9 Å². The van der Waals surface area contributed by atoms with Gasteiger partial charge in [0.2, 0.25) is 0 Å². The zero-order valence-corrected chi connectivity index (χ0v) is 18.2. The van der Waals surface area contributed by atoms with Crippen LogP contribution < -0.4 is 4.74 Å². The Bertz CT molecular complexity index is 1120. The summed E-state index contributed by atoms with van der Waals surface area (Å²) in [6.45, 7) is 1.37. The molecular weight excluding hydrogens is 448 g/mol. The molecule has 0 saturated carbocycles. The normalized spacial score (nSPS) is 15.3. The molecule has 11 heteroatoms. The second-order valence-corrected chi connectivity index (χ2v) is 10.2. The van der Waals surface area contributed by atoms with E-state index < -0.39 is 10.0 Å². The van der Waals surface area contributed by atoms with E-state index >= 15 is 0 Å². The van der Waals surface area contributed by atoms with Gasteiger partial charge >= 0.3 is 0 Å². The van der Waals surface area contributed by atoms with Crippen molar-refractivity contribution in [3.8, 4) is 5.75 Å². The van der Waals surface area contributed by atoms with Crippen LogP contribution in [0, 0.1) is 0 Å². The maximum absolute atomic E-state index is 12.9. The monoisotopic (exact) mass is 466 g/mol. The van der Waals surface area contributed by atoms with Crippen molar-refractivity contribution in [1.29, 1.82) is 0 Å². The van der Waals surface area contributed by atoms with Gasteiger partial charge in [0.15, 0.2) is 6.73 Å². The van der Waals surface area contributed by atoms with E-state index in [9.17, 15) is 13.2 Å². The summed E-state index contributed by atoms with van der Waals surface area (Å²) in [5.74, 6) is 0.377. The molecule has 30 heavy (non-hydrogen) atoms. The SMILES string of the molecule is O=C(c1cccc(OCn2cc(Cl)cn2)c1)N1CCN(S(=O)(=O)c2cccs2)CC1. The second kappa shape index (κ2) is 8.76. The lowest BCUT2D eigenvalue weighted by atomic mass is 10.1. The fourth-order valence-electron chi connectivity index (χ4n) is 3.12. The molecule has 0 spiro atoms. The number of nitrogens with zero attached hydrogens (tertiary/aromatic N) is 4. The zero-order chi connectivity index (χ0) is 21.1. The summed E-state index contributed by atoms with van der Waals surface area (Å²) in [5.41, 5.74) is 0.487. The molecule has 3 heterocycles. The molecule has 0 N–H and O–H groups in total. The Balaban J connectivity index is 1.37. The Morgan fingerprint density at radius 2 is 1.97 bits per heavy atom. The number of piperazine rings is 1. The first-order chi connectivity index (χ1) is 14.4. The minimum absolute atomic E-state index is 0.157. The number of halogens is 1. The van der Waals surface area contributed by atoms with Crippen LogP contribution in [0.4, 0.5) is 0 Å². The van der Waals surface area contributed by atoms with Gasteiger partial charge in [-0.25, -0.2) is 13.1 Å². The van der Waals surface area contributed by atoms with Crippen molar-refractivity contribution in [3.63, 3.8) is 0 Å². The van der Waals surface area contributed by atoms with Crippen LogP contribution in [0.5, 0.6) is 5.75 Å². The van der Waals surface area contributed by atoms with Gasteiger partial charge in [0.05, 0.1) is 11.2 Å². The fraction of sp³-hybridized carbons (Fsp3) is 0.263. The van der Waals surface area contributed by atoms with Crippen LogP contribution in [-0.2, 0) is 16.8 Å². The average Bonchev–Trinajstić information content (AvgIpc) is 3.44. The van der Waals surface area contributed by atoms with Crippen molar-refractivity contribution in [3.05, 3.63) is 64.8 Å². The maximum atomic E-state index is 12.9. The highest BCUT2D eigenvalue weighted by atomic mass is 35.5. The number of ether oxygens (including phenoxy) is 1. The third kappa shape index (κ3) is 4.51. The Kier molecular flexibility index (Phi) is 6.09. The topological polar surface area (TPSA) is 84.7 Å². The number of thiophene rings is 1. The quantitative estimate of drug-likeness (QED) is 0.557. The molecule has 1 aliphatic rings. The molecule has 1 aromatic carbocycles. The molecule has 158 valence electrons. The number of carbonyl (C=O) groups is 1. The van der Waals surface area contributed by atoms with E-state index in [0.29, 0.717) is 33.6 Å². The number of aromatic nitrogens is 2. The number of hydrogen-bond donors (Lipinski definition) is 0. The highest BCUT2D eigenvalue weighted by Gasteiger charge is 2.31. The van der Waals surface area contributed by atoms with Gasteiger partial charge in [0, 0.05) is 37.9 Å². The second-order valence-electron chi connectivity index (χ2n) is 6.63. The summed E-state index contributed by atoms with van der Waals surface area (Å²) in [5, 5.41) is 6.29. The third-order valence-electron chi connectivity index (χ3n) is 4.66. The lowest BCUT2D eigenvalue weighted by Crippen LogP contribution is -2.50. The average molecular weight is 467 g/mol. The summed E-state index contributed by atoms with van der Waals surface area (Å²) < 4.78 is 34.2. The Morgan fingerprint density at radius 3 is 2.63 bits per heavy atom. The molecule has 8 nitrogen and oxygen atoms in total. The summed E-state index contributed by atoms with van der Waals surface area (Å²) >= 11 is 7.03. The number of benzene rings is 1. The van der Waals surface area contributed by atoms with E-state index in [1.807, 2.05) is 0 Å². The largest absolute Gasteiger partial charge is 0.471 e. The van der Waals surface area contributed by atoms with Gasteiger partial charge in [-0.1, -0.05) is 23.7 Å². The third-order valence-corrected chi connectivity index (χ3v) is 8.13. The van der Waals surface area contributed by atoms with Crippen molar-refractivity contribution in [1.82, 2.24) is 19.0 Å². The highest BCUT2D eigenvalue weighted by Crippen LogP contribution is 2.23. The van der Waals surface area contributed by atoms with Crippen LogP contribution in [0.15, 0.2) is 58.4 Å². The molecule has 0 aliphatic carbocycles. The molecule has 4 rings (SSSR count). The molecule has 0 unspecified atom stereocenters. The Morgan fingerprint density at radius 1 is 1.17 bits per heavy atom. The van der Waals surface area contributed by atoms with Crippen LogP contribution in [-0.4, -0.2) is 59.5 Å². The first-order valence-corrected chi connectivity index (χ1v) is 11.9. The number of hydrogen-bond acceptors (Lipinski definition) is 6. The van der Waals surface area contributed by atoms with Gasteiger partial charge in [-0.05, 0) is 29.6 Å². The first-order valence-electron chi connectivity index (χ1n) is 9.17. The van der Waals surface area contributed by atoms with E-state index in [2.05, 4.69) is 5.10 Å². The standard InChI is InChI=1S/C19H19ClN4O4S2/c20-16-12-21-23(13-16)14-28-17-4-1-3-15(11-17)19(25)22-6-8-24(9-7-22)30(26,27)18-5-2-10-29-18/h1-5,10-13H,6-9,14H2. The van der Waals surface area contributed by atoms with Crippen molar-refractivity contribution >= 4 is 38.9 Å². The molecule has 1 fully saturated rings. The summed E-state index contributed by atoms with van der Waals surface area (Å²) in [6.07, 6.45) is 3.16. The van der Waals surface area contributed by atoms with Crippen molar-refractivity contribution in [2.24, 2.45) is 0 Å². The minimum atomic E-state index is -3.49. The van der Waals surface area contributed by atoms with E-state index in [4.69, 9.17) is 16.3 Å². The lowest BCUT2D eigenvalue weighted by molar-refractivity contribution is 0.0697. The minimum Gasteiger partial charge on any atom is -0.471 e. The molecular formula is C19H19ClN4O4S2. The molecule has 1 saturated heterocycles. The summed E-state index contributed by atoms with van der Waals surface area (Å²) in [6, 6.07) is 10.2. The van der Waals surface area contributed by atoms with Crippen molar-refractivity contribution in [2.45, 2.75) is 10.9 Å². The van der Waals surface area contributed by atoms with E-state index in [0.717, 1.165) is 0 Å². The fourth-order valence-corrected chi connectivity index (χ4v) is 5.84. The zero-order valence-electron chi connectivity index (χ0n) is 15.8. The Hall–Kier alpha value is -2.40. The molecule has 0 radical (unpaired) electrons. The van der Waals surface area contributed by atoms with E-state index in [1.54, 1.807) is 57.6 Å². The van der Waals surface area contributed by atoms with Gasteiger partial charge < -0.3 is 9.64 Å². The maximum Gasteiger partial charge on any atom is 0.254 e. The first kappa shape index (κ1) is 20.9. The van der Waals surface area contributed by atoms with Crippen LogP contribution in [0.25, 0.3) is 0 Å². The molecule has 1 aliphatic heterocycles. The predicted molar refractivity (Wildman–Crippen MR) is 113 cm³/mol. The molecule has 1 amide bonds. The molecule has 0 atom stereocenters. The van der Waals surface area contributed by atoms with Crippen molar-refractivity contribution < 1.29 is 17.9 Å². The van der Waals surface area contributed by atoms with E-state index in [1.165, 1.54) is 21.8 Å². The lowest BCUT2D eigenvalue weighted by Gasteiger charge is -2.33. The van der Waals surface area contributed by atoms with Gasteiger partial charge in [-0.15, -0.1) is 11.3 Å². The number of sulfonamides is 1. The summed E-state index contributed by atoms with van der Waals surface area (Å²) in [7, 11) is -3.49. The van der Waals surface area contributed by atoms with Crippen LogP contribution in [0.1, 0.15) is 10.4 Å². The van der Waals surface area contributed by atoms with Gasteiger partial charge in [-0.3, -0.25) is 4.79 Å². The van der Waals surface area contributed by atoms with Crippen LogP contribution in [0.2, 0.25) is 5.02 Å². The van der Waals surface area contributed by atoms with Gasteiger partial charge in [-0.2, -0.15) is 9.40 Å². The smallest absolute Gasteiger partial charge is 0.254 e. The summed E-state index contributed by atoms with van der Waals surface area (Å²) in [4.78, 5) is 14.5.